The monoisotopic (exact) mass is 277 g/mol. The molecular weight excluding hydrogens is 266 g/mol. The molecule has 0 unspecified atom stereocenters. The van der Waals surface area contributed by atoms with E-state index in [9.17, 15) is 0 Å². The van der Waals surface area contributed by atoms with E-state index in [1.54, 1.807) is 22.7 Å². The lowest BCUT2D eigenvalue weighted by atomic mass is 10.3. The summed E-state index contributed by atoms with van der Waals surface area (Å²) < 4.78 is 0. The van der Waals surface area contributed by atoms with Crippen LogP contribution < -0.4 is 16.6 Å². The van der Waals surface area contributed by atoms with Crippen LogP contribution in [0.5, 0.6) is 0 Å². The fourth-order valence-electron chi connectivity index (χ4n) is 1.63. The zero-order valence-corrected chi connectivity index (χ0v) is 11.0. The number of nitrogens with zero attached hydrogens (tertiary/aromatic N) is 2. The standard InChI is InChI=1S/C11H11N5S2/c12-16-11-14-9(8-2-4-18-10(8)15-11)13-5-7-1-3-17-6-7/h1-4,6H,5,12H2,(H2,13,14,15,16). The second kappa shape index (κ2) is 4.89. The third kappa shape index (κ3) is 2.15. The van der Waals surface area contributed by atoms with Crippen LogP contribution in [0.4, 0.5) is 11.8 Å². The molecule has 3 heterocycles. The predicted molar refractivity (Wildman–Crippen MR) is 76.9 cm³/mol. The van der Waals surface area contributed by atoms with E-state index >= 15 is 0 Å². The number of nitrogens with one attached hydrogen (secondary N) is 2. The summed E-state index contributed by atoms with van der Waals surface area (Å²) in [5.74, 6) is 6.61. The molecule has 0 aliphatic rings. The molecule has 0 atom stereocenters. The van der Waals surface area contributed by atoms with Crippen LogP contribution in [0.1, 0.15) is 5.56 Å². The van der Waals surface area contributed by atoms with Gasteiger partial charge < -0.3 is 5.32 Å². The zero-order valence-electron chi connectivity index (χ0n) is 9.38. The summed E-state index contributed by atoms with van der Waals surface area (Å²) in [6, 6.07) is 4.10. The molecule has 18 heavy (non-hydrogen) atoms. The summed E-state index contributed by atoms with van der Waals surface area (Å²) in [7, 11) is 0. The number of rotatable bonds is 4. The van der Waals surface area contributed by atoms with Gasteiger partial charge in [-0.2, -0.15) is 16.3 Å². The fraction of sp³-hybridized carbons (Fsp3) is 0.0909. The Balaban J connectivity index is 1.92. The van der Waals surface area contributed by atoms with Gasteiger partial charge in [-0.05, 0) is 33.8 Å². The van der Waals surface area contributed by atoms with Gasteiger partial charge in [-0.15, -0.1) is 11.3 Å². The Morgan fingerprint density at radius 2 is 2.17 bits per heavy atom. The van der Waals surface area contributed by atoms with E-state index in [1.807, 2.05) is 11.4 Å². The number of nitrogen functional groups attached to an aromatic ring is 1. The lowest BCUT2D eigenvalue weighted by Gasteiger charge is -2.07. The van der Waals surface area contributed by atoms with Crippen LogP contribution in [0.3, 0.4) is 0 Å². The SMILES string of the molecule is NNc1nc(NCc2ccsc2)c2ccsc2n1. The first-order valence-electron chi connectivity index (χ1n) is 5.33. The van der Waals surface area contributed by atoms with E-state index in [-0.39, 0.29) is 0 Å². The van der Waals surface area contributed by atoms with Crippen molar-refractivity contribution in [2.75, 3.05) is 10.7 Å². The summed E-state index contributed by atoms with van der Waals surface area (Å²) >= 11 is 3.25. The van der Waals surface area contributed by atoms with Crippen molar-refractivity contribution >= 4 is 44.7 Å². The topological polar surface area (TPSA) is 75.9 Å². The highest BCUT2D eigenvalue weighted by Gasteiger charge is 2.08. The molecule has 0 spiro atoms. The van der Waals surface area contributed by atoms with Crippen LogP contribution in [-0.2, 0) is 6.54 Å². The van der Waals surface area contributed by atoms with Crippen molar-refractivity contribution in [1.82, 2.24) is 9.97 Å². The van der Waals surface area contributed by atoms with Crippen molar-refractivity contribution in [3.63, 3.8) is 0 Å². The van der Waals surface area contributed by atoms with Gasteiger partial charge in [0.1, 0.15) is 10.6 Å². The van der Waals surface area contributed by atoms with Gasteiger partial charge in [-0.3, -0.25) is 5.43 Å². The third-order valence-corrected chi connectivity index (χ3v) is 4.03. The molecule has 0 aliphatic heterocycles. The molecule has 3 rings (SSSR count). The molecule has 3 aromatic rings. The molecule has 0 bridgehead atoms. The lowest BCUT2D eigenvalue weighted by molar-refractivity contribution is 1.10. The van der Waals surface area contributed by atoms with E-state index in [0.29, 0.717) is 5.95 Å². The maximum Gasteiger partial charge on any atom is 0.240 e. The Bertz CT molecular complexity index is 647. The summed E-state index contributed by atoms with van der Waals surface area (Å²) in [6.07, 6.45) is 0. The van der Waals surface area contributed by atoms with Crippen molar-refractivity contribution in [3.8, 4) is 0 Å². The second-order valence-electron chi connectivity index (χ2n) is 3.66. The van der Waals surface area contributed by atoms with Crippen LogP contribution in [0.15, 0.2) is 28.3 Å². The molecule has 0 aromatic carbocycles. The molecule has 0 fully saturated rings. The minimum Gasteiger partial charge on any atom is -0.365 e. The zero-order chi connectivity index (χ0) is 12.4. The fourth-order valence-corrected chi connectivity index (χ4v) is 3.07. The van der Waals surface area contributed by atoms with Crippen molar-refractivity contribution < 1.29 is 0 Å². The summed E-state index contributed by atoms with van der Waals surface area (Å²) in [4.78, 5) is 9.56. The number of hydrogen-bond donors (Lipinski definition) is 3. The maximum atomic E-state index is 5.37. The molecule has 5 nitrogen and oxygen atoms in total. The minimum absolute atomic E-state index is 0.428. The number of anilines is 2. The molecular formula is C11H11N5S2. The Hall–Kier alpha value is -1.70. The van der Waals surface area contributed by atoms with Gasteiger partial charge in [0.2, 0.25) is 5.95 Å². The van der Waals surface area contributed by atoms with Gasteiger partial charge in [0, 0.05) is 6.54 Å². The summed E-state index contributed by atoms with van der Waals surface area (Å²) in [5, 5.41) is 10.5. The molecule has 3 aromatic heterocycles. The second-order valence-corrected chi connectivity index (χ2v) is 5.34. The van der Waals surface area contributed by atoms with Gasteiger partial charge >= 0.3 is 0 Å². The Morgan fingerprint density at radius 3 is 2.94 bits per heavy atom. The van der Waals surface area contributed by atoms with Gasteiger partial charge in [0.25, 0.3) is 0 Å². The van der Waals surface area contributed by atoms with Gasteiger partial charge in [-0.1, -0.05) is 0 Å². The largest absolute Gasteiger partial charge is 0.365 e. The van der Waals surface area contributed by atoms with E-state index in [0.717, 1.165) is 22.6 Å². The number of hydrogen-bond acceptors (Lipinski definition) is 7. The Labute approximate surface area is 112 Å². The van der Waals surface area contributed by atoms with Crippen LogP contribution in [0, 0.1) is 0 Å². The van der Waals surface area contributed by atoms with E-state index in [1.165, 1.54) is 5.56 Å². The number of aromatic nitrogens is 2. The van der Waals surface area contributed by atoms with Crippen LogP contribution >= 0.6 is 22.7 Å². The highest BCUT2D eigenvalue weighted by molar-refractivity contribution is 7.16. The Morgan fingerprint density at radius 1 is 1.22 bits per heavy atom. The molecule has 0 amide bonds. The molecule has 0 radical (unpaired) electrons. The molecule has 92 valence electrons. The predicted octanol–water partition coefficient (Wildman–Crippen LogP) is 2.65. The first-order valence-corrected chi connectivity index (χ1v) is 7.16. The van der Waals surface area contributed by atoms with E-state index in [4.69, 9.17) is 5.84 Å². The number of fused-ring (bicyclic) bond motifs is 1. The first kappa shape index (κ1) is 11.4. The average molecular weight is 277 g/mol. The smallest absolute Gasteiger partial charge is 0.240 e. The average Bonchev–Trinajstić information content (AvgIpc) is 3.06. The van der Waals surface area contributed by atoms with Crippen LogP contribution in [-0.4, -0.2) is 9.97 Å². The Kier molecular flexibility index (Phi) is 3.09. The van der Waals surface area contributed by atoms with Crippen molar-refractivity contribution in [2.24, 2.45) is 5.84 Å². The van der Waals surface area contributed by atoms with E-state index in [2.05, 4.69) is 37.5 Å². The minimum atomic E-state index is 0.428. The number of nitrogens with two attached hydrogens (primary N) is 1. The molecule has 0 aliphatic carbocycles. The maximum absolute atomic E-state index is 5.37. The quantitative estimate of drug-likeness (QED) is 0.505. The first-order chi connectivity index (χ1) is 8.86. The third-order valence-electron chi connectivity index (χ3n) is 2.49. The molecule has 0 saturated carbocycles. The highest BCUT2D eigenvalue weighted by atomic mass is 32.1. The van der Waals surface area contributed by atoms with Crippen LogP contribution in [0.25, 0.3) is 10.2 Å². The van der Waals surface area contributed by atoms with E-state index < -0.39 is 0 Å². The summed E-state index contributed by atoms with van der Waals surface area (Å²) in [6.45, 7) is 0.746. The molecule has 0 saturated heterocycles. The normalized spacial score (nSPS) is 10.7. The van der Waals surface area contributed by atoms with Gasteiger partial charge in [0.05, 0.1) is 5.39 Å². The highest BCUT2D eigenvalue weighted by Crippen LogP contribution is 2.26. The van der Waals surface area contributed by atoms with Crippen LogP contribution in [0.2, 0.25) is 0 Å². The van der Waals surface area contributed by atoms with Gasteiger partial charge in [-0.25, -0.2) is 10.8 Å². The molecule has 4 N–H and O–H groups in total. The van der Waals surface area contributed by atoms with Crippen molar-refractivity contribution in [2.45, 2.75) is 6.54 Å². The lowest BCUT2D eigenvalue weighted by Crippen LogP contribution is -2.12. The van der Waals surface area contributed by atoms with Crippen molar-refractivity contribution in [1.29, 1.82) is 0 Å². The number of thiophene rings is 2. The van der Waals surface area contributed by atoms with Crippen molar-refractivity contribution in [3.05, 3.63) is 33.8 Å². The summed E-state index contributed by atoms with van der Waals surface area (Å²) in [5.41, 5.74) is 3.73. The number of hydrazine groups is 1. The van der Waals surface area contributed by atoms with Gasteiger partial charge in [0.15, 0.2) is 0 Å². The molecule has 7 heteroatoms.